The van der Waals surface area contributed by atoms with Gasteiger partial charge in [0.25, 0.3) is 0 Å². The first-order valence-electron chi connectivity index (χ1n) is 10.8. The number of ether oxygens (including phenoxy) is 3. The zero-order valence-corrected chi connectivity index (χ0v) is 18.3. The molecular formula is C24H29NO6. The number of rotatable bonds is 8. The van der Waals surface area contributed by atoms with Gasteiger partial charge in [-0.2, -0.15) is 0 Å². The van der Waals surface area contributed by atoms with E-state index in [1.54, 1.807) is 7.11 Å². The molecule has 7 nitrogen and oxygen atoms in total. The lowest BCUT2D eigenvalue weighted by Crippen LogP contribution is -2.46. The van der Waals surface area contributed by atoms with E-state index in [9.17, 15) is 14.7 Å². The highest BCUT2D eigenvalue weighted by Gasteiger charge is 2.43. The molecule has 0 atom stereocenters. The lowest BCUT2D eigenvalue weighted by atomic mass is 9.69. The molecule has 1 aromatic carbocycles. The van der Waals surface area contributed by atoms with Gasteiger partial charge in [-0.1, -0.05) is 0 Å². The van der Waals surface area contributed by atoms with Crippen LogP contribution in [0.2, 0.25) is 0 Å². The number of methoxy groups -OCH3 is 1. The van der Waals surface area contributed by atoms with Crippen molar-refractivity contribution in [1.29, 1.82) is 0 Å². The summed E-state index contributed by atoms with van der Waals surface area (Å²) in [6.45, 7) is 5.05. The number of carbonyl (C=O) groups is 1. The fourth-order valence-electron chi connectivity index (χ4n) is 4.57. The van der Waals surface area contributed by atoms with E-state index in [1.165, 1.54) is 12.3 Å². The van der Waals surface area contributed by atoms with Crippen LogP contribution >= 0.6 is 0 Å². The normalized spacial score (nSPS) is 15.9. The summed E-state index contributed by atoms with van der Waals surface area (Å²) in [5, 5.41) is 9.46. The molecule has 166 valence electrons. The van der Waals surface area contributed by atoms with E-state index in [-0.39, 0.29) is 17.2 Å². The molecule has 1 aliphatic carbocycles. The summed E-state index contributed by atoms with van der Waals surface area (Å²) < 4.78 is 19.2. The molecule has 1 aliphatic heterocycles. The molecule has 2 aromatic rings. The summed E-state index contributed by atoms with van der Waals surface area (Å²) in [7, 11) is 1.67. The molecule has 0 saturated heterocycles. The number of nitrogens with zero attached hydrogens (tertiary/aromatic N) is 1. The molecule has 2 heterocycles. The number of aromatic carboxylic acids is 1. The molecule has 1 aromatic heterocycles. The molecule has 1 N–H and O–H groups in total. The van der Waals surface area contributed by atoms with Crippen LogP contribution in [0.4, 0.5) is 0 Å². The Labute approximate surface area is 181 Å². The summed E-state index contributed by atoms with van der Waals surface area (Å²) >= 11 is 0. The number of fused-ring (bicyclic) bond motifs is 4. The number of benzene rings is 1. The summed E-state index contributed by atoms with van der Waals surface area (Å²) in [6.07, 6.45) is 6.02. The van der Waals surface area contributed by atoms with Crippen molar-refractivity contribution in [3.8, 4) is 22.8 Å². The van der Waals surface area contributed by atoms with Crippen LogP contribution in [-0.2, 0) is 16.7 Å². The summed E-state index contributed by atoms with van der Waals surface area (Å²) in [4.78, 5) is 24.1. The van der Waals surface area contributed by atoms with Gasteiger partial charge in [0, 0.05) is 43.5 Å². The SMILES string of the molecule is COCCCOc1cc2c(cc1OC(C)C)-c1cc(=O)c(C(=O)O)cn1C1(CCC1)C2. The van der Waals surface area contributed by atoms with Crippen molar-refractivity contribution in [2.24, 2.45) is 0 Å². The first-order chi connectivity index (χ1) is 14.8. The molecule has 0 unspecified atom stereocenters. The Morgan fingerprint density at radius 1 is 1.19 bits per heavy atom. The van der Waals surface area contributed by atoms with Gasteiger partial charge in [0.1, 0.15) is 5.56 Å². The predicted molar refractivity (Wildman–Crippen MR) is 116 cm³/mol. The fourth-order valence-corrected chi connectivity index (χ4v) is 4.57. The monoisotopic (exact) mass is 427 g/mol. The zero-order valence-electron chi connectivity index (χ0n) is 18.3. The second kappa shape index (κ2) is 8.38. The highest BCUT2D eigenvalue weighted by molar-refractivity contribution is 5.88. The van der Waals surface area contributed by atoms with E-state index < -0.39 is 11.4 Å². The second-order valence-corrected chi connectivity index (χ2v) is 8.68. The third kappa shape index (κ3) is 3.94. The second-order valence-electron chi connectivity index (χ2n) is 8.68. The Morgan fingerprint density at radius 3 is 2.58 bits per heavy atom. The van der Waals surface area contributed by atoms with Crippen molar-refractivity contribution in [3.63, 3.8) is 0 Å². The number of carboxylic acids is 1. The Kier molecular flexibility index (Phi) is 5.79. The van der Waals surface area contributed by atoms with Crippen LogP contribution in [0.25, 0.3) is 11.3 Å². The summed E-state index contributed by atoms with van der Waals surface area (Å²) in [5.41, 5.74) is 1.89. The Morgan fingerprint density at radius 2 is 1.97 bits per heavy atom. The molecule has 7 heteroatoms. The van der Waals surface area contributed by atoms with E-state index in [0.29, 0.717) is 24.7 Å². The van der Waals surface area contributed by atoms with Crippen LogP contribution in [0.5, 0.6) is 11.5 Å². The molecule has 0 amide bonds. The minimum atomic E-state index is -1.19. The Bertz CT molecular complexity index is 1050. The predicted octanol–water partition coefficient (Wildman–Crippen LogP) is 3.85. The topological polar surface area (TPSA) is 87.0 Å². The van der Waals surface area contributed by atoms with E-state index in [0.717, 1.165) is 48.9 Å². The smallest absolute Gasteiger partial charge is 0.341 e. The number of pyridine rings is 1. The van der Waals surface area contributed by atoms with Crippen LogP contribution < -0.4 is 14.9 Å². The van der Waals surface area contributed by atoms with Crippen LogP contribution in [0.1, 0.15) is 55.5 Å². The molecule has 1 fully saturated rings. The van der Waals surface area contributed by atoms with Crippen molar-refractivity contribution < 1.29 is 24.1 Å². The standard InChI is InChI=1S/C24H29NO6/c1-15(2)31-22-11-17-16(10-21(22)30-9-5-8-29-3)13-24(6-4-7-24)25-14-18(23(27)28)20(26)12-19(17)25/h10-12,14-15H,4-9,13H2,1-3H3,(H,27,28). The number of hydrogen-bond acceptors (Lipinski definition) is 5. The first-order valence-corrected chi connectivity index (χ1v) is 10.8. The fraction of sp³-hybridized carbons (Fsp3) is 0.500. The van der Waals surface area contributed by atoms with E-state index in [4.69, 9.17) is 14.2 Å². The van der Waals surface area contributed by atoms with Crippen molar-refractivity contribution in [3.05, 3.63) is 45.7 Å². The maximum absolute atomic E-state index is 12.5. The van der Waals surface area contributed by atoms with Gasteiger partial charge in [-0.15, -0.1) is 0 Å². The average molecular weight is 427 g/mol. The van der Waals surface area contributed by atoms with Crippen LogP contribution in [0.3, 0.4) is 0 Å². The van der Waals surface area contributed by atoms with E-state index in [1.807, 2.05) is 30.5 Å². The molecule has 0 bridgehead atoms. The maximum atomic E-state index is 12.5. The lowest BCUT2D eigenvalue weighted by molar-refractivity contribution is 0.0691. The third-order valence-corrected chi connectivity index (χ3v) is 6.15. The molecule has 1 spiro atoms. The Balaban J connectivity index is 1.82. The van der Waals surface area contributed by atoms with Gasteiger partial charge in [-0.05, 0) is 57.2 Å². The van der Waals surface area contributed by atoms with Gasteiger partial charge in [-0.25, -0.2) is 4.79 Å². The van der Waals surface area contributed by atoms with Crippen LogP contribution in [0.15, 0.2) is 29.2 Å². The molecular weight excluding hydrogens is 398 g/mol. The van der Waals surface area contributed by atoms with Crippen molar-refractivity contribution in [2.45, 2.75) is 57.6 Å². The first kappa shape index (κ1) is 21.4. The van der Waals surface area contributed by atoms with Crippen molar-refractivity contribution in [2.75, 3.05) is 20.3 Å². The van der Waals surface area contributed by atoms with Gasteiger partial charge in [0.15, 0.2) is 16.9 Å². The van der Waals surface area contributed by atoms with Gasteiger partial charge < -0.3 is 23.9 Å². The number of hydrogen-bond donors (Lipinski definition) is 1. The molecule has 2 aliphatic rings. The van der Waals surface area contributed by atoms with Gasteiger partial charge >= 0.3 is 5.97 Å². The molecule has 1 saturated carbocycles. The molecule has 31 heavy (non-hydrogen) atoms. The van der Waals surface area contributed by atoms with Crippen LogP contribution in [-0.4, -0.2) is 42.1 Å². The summed E-state index contributed by atoms with van der Waals surface area (Å²) in [6, 6.07) is 5.41. The van der Waals surface area contributed by atoms with E-state index >= 15 is 0 Å². The quantitative estimate of drug-likeness (QED) is 0.644. The number of carboxylic acid groups (broad SMARTS) is 1. The Hall–Kier alpha value is -2.80. The highest BCUT2D eigenvalue weighted by Crippen LogP contribution is 2.50. The largest absolute Gasteiger partial charge is 0.490 e. The van der Waals surface area contributed by atoms with Gasteiger partial charge in [0.05, 0.1) is 18.4 Å². The minimum Gasteiger partial charge on any atom is -0.490 e. The van der Waals surface area contributed by atoms with Crippen molar-refractivity contribution >= 4 is 5.97 Å². The maximum Gasteiger partial charge on any atom is 0.341 e. The van der Waals surface area contributed by atoms with E-state index in [2.05, 4.69) is 0 Å². The number of aromatic nitrogens is 1. The van der Waals surface area contributed by atoms with Gasteiger partial charge in [0.2, 0.25) is 0 Å². The third-order valence-electron chi connectivity index (χ3n) is 6.15. The van der Waals surface area contributed by atoms with Gasteiger partial charge in [-0.3, -0.25) is 4.79 Å². The average Bonchev–Trinajstić information content (AvgIpc) is 2.68. The minimum absolute atomic E-state index is 0.0440. The highest BCUT2D eigenvalue weighted by atomic mass is 16.5. The molecule has 4 rings (SSSR count). The van der Waals surface area contributed by atoms with Crippen LogP contribution in [0, 0.1) is 0 Å². The van der Waals surface area contributed by atoms with Crippen molar-refractivity contribution in [1.82, 2.24) is 4.57 Å². The summed E-state index contributed by atoms with van der Waals surface area (Å²) in [5.74, 6) is 0.122. The molecule has 0 radical (unpaired) electrons. The lowest BCUT2D eigenvalue weighted by Gasteiger charge is -2.48. The zero-order chi connectivity index (χ0) is 22.2.